The number of aliphatic hydroxyl groups excluding tert-OH is 1. The van der Waals surface area contributed by atoms with E-state index in [-0.39, 0.29) is 12.4 Å². The molecule has 2 heterocycles. The molecule has 0 unspecified atom stereocenters. The maximum absolute atomic E-state index is 12.0. The van der Waals surface area contributed by atoms with Gasteiger partial charge in [-0.25, -0.2) is 4.79 Å². The number of esters is 1. The van der Waals surface area contributed by atoms with Crippen LogP contribution in [0.5, 0.6) is 5.75 Å². The van der Waals surface area contributed by atoms with E-state index in [1.54, 1.807) is 18.2 Å². The van der Waals surface area contributed by atoms with Gasteiger partial charge < -0.3 is 24.1 Å². The molecule has 7 heteroatoms. The van der Waals surface area contributed by atoms with Crippen LogP contribution in [0.15, 0.2) is 24.3 Å². The molecule has 148 valence electrons. The maximum atomic E-state index is 12.0. The first-order chi connectivity index (χ1) is 13.1. The standard InChI is InChI=1S/C20H27NO6/c1-24-20(23)15-4-2-3-5-17(15)27-18-9-14-11-21(10-13(14)8-16(18)22)12-19-25-6-7-26-19/h2-5,13-14,16,18-19,22H,6-12H2,1H3/t13-,14+,16+,18+/m0/s1. The van der Waals surface area contributed by atoms with E-state index in [1.165, 1.54) is 7.11 Å². The van der Waals surface area contributed by atoms with Crippen LogP contribution in [0, 0.1) is 11.8 Å². The summed E-state index contributed by atoms with van der Waals surface area (Å²) in [5.74, 6) is 0.953. The fourth-order valence-electron chi connectivity index (χ4n) is 4.50. The van der Waals surface area contributed by atoms with E-state index >= 15 is 0 Å². The first-order valence-corrected chi connectivity index (χ1v) is 9.61. The van der Waals surface area contributed by atoms with Crippen molar-refractivity contribution in [3.05, 3.63) is 29.8 Å². The van der Waals surface area contributed by atoms with Gasteiger partial charge in [0, 0.05) is 19.6 Å². The molecule has 4 rings (SSSR count). The Morgan fingerprint density at radius 1 is 1.19 bits per heavy atom. The van der Waals surface area contributed by atoms with Gasteiger partial charge in [0.25, 0.3) is 0 Å². The molecule has 27 heavy (non-hydrogen) atoms. The molecule has 1 N–H and O–H groups in total. The molecule has 3 aliphatic rings. The van der Waals surface area contributed by atoms with Gasteiger partial charge in [-0.2, -0.15) is 0 Å². The molecule has 0 amide bonds. The highest BCUT2D eigenvalue weighted by Gasteiger charge is 2.43. The van der Waals surface area contributed by atoms with E-state index in [0.717, 1.165) is 26.1 Å². The second kappa shape index (κ2) is 8.14. The second-order valence-electron chi connectivity index (χ2n) is 7.59. The Balaban J connectivity index is 1.39. The summed E-state index contributed by atoms with van der Waals surface area (Å²) in [5, 5.41) is 10.6. The summed E-state index contributed by atoms with van der Waals surface area (Å²) in [6.45, 7) is 4.02. The quantitative estimate of drug-likeness (QED) is 0.775. The lowest BCUT2D eigenvalue weighted by atomic mass is 9.78. The average Bonchev–Trinajstić information content (AvgIpc) is 3.31. The van der Waals surface area contributed by atoms with Gasteiger partial charge in [0.1, 0.15) is 17.4 Å². The Hall–Kier alpha value is -1.67. The summed E-state index contributed by atoms with van der Waals surface area (Å²) >= 11 is 0. The van der Waals surface area contributed by atoms with Crippen molar-refractivity contribution in [3.8, 4) is 5.75 Å². The fraction of sp³-hybridized carbons (Fsp3) is 0.650. The third-order valence-electron chi connectivity index (χ3n) is 5.83. The summed E-state index contributed by atoms with van der Waals surface area (Å²) in [6.07, 6.45) is 0.476. The molecule has 0 radical (unpaired) electrons. The van der Waals surface area contributed by atoms with Gasteiger partial charge >= 0.3 is 5.97 Å². The summed E-state index contributed by atoms with van der Waals surface area (Å²) < 4.78 is 22.0. The van der Waals surface area contributed by atoms with Crippen LogP contribution in [0.4, 0.5) is 0 Å². The smallest absolute Gasteiger partial charge is 0.341 e. The van der Waals surface area contributed by atoms with E-state index < -0.39 is 12.1 Å². The zero-order valence-corrected chi connectivity index (χ0v) is 15.6. The highest BCUT2D eigenvalue weighted by atomic mass is 16.7. The normalized spacial score (nSPS) is 31.6. The third-order valence-corrected chi connectivity index (χ3v) is 5.83. The molecule has 1 aromatic carbocycles. The monoisotopic (exact) mass is 377 g/mol. The van der Waals surface area contributed by atoms with Gasteiger partial charge in [-0.05, 0) is 36.8 Å². The van der Waals surface area contributed by atoms with Crippen LogP contribution < -0.4 is 4.74 Å². The molecular weight excluding hydrogens is 350 g/mol. The van der Waals surface area contributed by atoms with Gasteiger partial charge in [-0.15, -0.1) is 0 Å². The number of carbonyl (C=O) groups excluding carboxylic acids is 1. The molecule has 1 saturated carbocycles. The predicted molar refractivity (Wildman–Crippen MR) is 96.6 cm³/mol. The van der Waals surface area contributed by atoms with Gasteiger partial charge in [-0.1, -0.05) is 12.1 Å². The van der Waals surface area contributed by atoms with Crippen molar-refractivity contribution in [1.29, 1.82) is 0 Å². The lowest BCUT2D eigenvalue weighted by Crippen LogP contribution is -2.42. The zero-order valence-electron chi connectivity index (χ0n) is 15.6. The van der Waals surface area contributed by atoms with E-state index in [9.17, 15) is 9.90 Å². The Labute approximate surface area is 159 Å². The Kier molecular flexibility index (Phi) is 5.63. The Morgan fingerprint density at radius 3 is 2.63 bits per heavy atom. The lowest BCUT2D eigenvalue weighted by molar-refractivity contribution is -0.0593. The van der Waals surface area contributed by atoms with Crippen LogP contribution in [0.2, 0.25) is 0 Å². The number of hydrogen-bond donors (Lipinski definition) is 1. The molecule has 0 aromatic heterocycles. The minimum absolute atomic E-state index is 0.131. The van der Waals surface area contributed by atoms with Crippen molar-refractivity contribution in [2.45, 2.75) is 31.3 Å². The lowest BCUT2D eigenvalue weighted by Gasteiger charge is -2.35. The molecule has 2 aliphatic heterocycles. The van der Waals surface area contributed by atoms with Gasteiger partial charge in [0.2, 0.25) is 0 Å². The van der Waals surface area contributed by atoms with Gasteiger partial charge in [0.15, 0.2) is 6.29 Å². The maximum Gasteiger partial charge on any atom is 0.341 e. The van der Waals surface area contributed by atoms with Gasteiger partial charge in [-0.3, -0.25) is 4.90 Å². The van der Waals surface area contributed by atoms with Crippen molar-refractivity contribution in [2.75, 3.05) is 40.0 Å². The molecule has 4 atom stereocenters. The summed E-state index contributed by atoms with van der Waals surface area (Å²) in [7, 11) is 1.35. The minimum atomic E-state index is -0.545. The fourth-order valence-corrected chi connectivity index (χ4v) is 4.50. The van der Waals surface area contributed by atoms with Gasteiger partial charge in [0.05, 0.1) is 26.4 Å². The summed E-state index contributed by atoms with van der Waals surface area (Å²) in [6, 6.07) is 7.02. The number of hydrogen-bond acceptors (Lipinski definition) is 7. The minimum Gasteiger partial charge on any atom is -0.487 e. The van der Waals surface area contributed by atoms with E-state index in [1.807, 2.05) is 6.07 Å². The van der Waals surface area contributed by atoms with Crippen molar-refractivity contribution in [3.63, 3.8) is 0 Å². The molecule has 0 bridgehead atoms. The molecule has 2 saturated heterocycles. The highest BCUT2D eigenvalue weighted by molar-refractivity contribution is 5.92. The summed E-state index contributed by atoms with van der Waals surface area (Å²) in [4.78, 5) is 14.3. The summed E-state index contributed by atoms with van der Waals surface area (Å²) in [5.41, 5.74) is 0.387. The number of benzene rings is 1. The van der Waals surface area contributed by atoms with Crippen molar-refractivity contribution in [1.82, 2.24) is 4.90 Å². The molecule has 1 aromatic rings. The van der Waals surface area contributed by atoms with E-state index in [0.29, 0.717) is 42.8 Å². The number of fused-ring (bicyclic) bond motifs is 1. The van der Waals surface area contributed by atoms with Crippen LogP contribution in [-0.2, 0) is 14.2 Å². The molecule has 1 aliphatic carbocycles. The number of methoxy groups -OCH3 is 1. The van der Waals surface area contributed by atoms with Crippen LogP contribution >= 0.6 is 0 Å². The number of nitrogens with zero attached hydrogens (tertiary/aromatic N) is 1. The SMILES string of the molecule is COC(=O)c1ccccc1O[C@@H]1C[C@@H]2CN(CC3OCCO3)C[C@@H]2C[C@H]1O. The van der Waals surface area contributed by atoms with Crippen LogP contribution in [0.3, 0.4) is 0 Å². The van der Waals surface area contributed by atoms with Crippen molar-refractivity contribution in [2.24, 2.45) is 11.8 Å². The highest BCUT2D eigenvalue weighted by Crippen LogP contribution is 2.38. The third kappa shape index (κ3) is 4.11. The second-order valence-corrected chi connectivity index (χ2v) is 7.59. The van der Waals surface area contributed by atoms with Crippen molar-refractivity contribution < 1.29 is 28.8 Å². The first kappa shape index (κ1) is 18.7. The van der Waals surface area contributed by atoms with Crippen LogP contribution in [0.25, 0.3) is 0 Å². The van der Waals surface area contributed by atoms with Crippen LogP contribution in [0.1, 0.15) is 23.2 Å². The number of carbonyl (C=O) groups is 1. The largest absolute Gasteiger partial charge is 0.487 e. The van der Waals surface area contributed by atoms with E-state index in [2.05, 4.69) is 4.90 Å². The molecule has 3 fully saturated rings. The molecular formula is C20H27NO6. The average molecular weight is 377 g/mol. The number of likely N-dealkylation sites (tertiary alicyclic amines) is 1. The number of rotatable bonds is 5. The Morgan fingerprint density at radius 2 is 1.89 bits per heavy atom. The topological polar surface area (TPSA) is 77.5 Å². The number of ether oxygens (including phenoxy) is 4. The molecule has 0 spiro atoms. The van der Waals surface area contributed by atoms with Crippen molar-refractivity contribution >= 4 is 5.97 Å². The zero-order chi connectivity index (χ0) is 18.8. The Bertz CT molecular complexity index is 662. The predicted octanol–water partition coefficient (Wildman–Crippen LogP) is 1.30. The van der Waals surface area contributed by atoms with E-state index in [4.69, 9.17) is 18.9 Å². The van der Waals surface area contributed by atoms with Crippen LogP contribution in [-0.4, -0.2) is 74.4 Å². The molecule has 7 nitrogen and oxygen atoms in total. The first-order valence-electron chi connectivity index (χ1n) is 9.61. The number of aliphatic hydroxyl groups is 1. The number of para-hydroxylation sites is 1.